The van der Waals surface area contributed by atoms with Crippen molar-refractivity contribution in [2.75, 3.05) is 11.9 Å². The van der Waals surface area contributed by atoms with Gasteiger partial charge in [-0.15, -0.1) is 5.10 Å². The van der Waals surface area contributed by atoms with E-state index in [2.05, 4.69) is 45.3 Å². The molecule has 0 radical (unpaired) electrons. The number of nitrogens with one attached hydrogen (secondary N) is 3. The average Bonchev–Trinajstić information content (AvgIpc) is 3.78. The molecular formula is C27H28N6O2. The summed E-state index contributed by atoms with van der Waals surface area (Å²) in [6.07, 6.45) is 5.80. The smallest absolute Gasteiger partial charge is 0.251 e. The number of carbonyl (C=O) groups is 1. The second-order valence-corrected chi connectivity index (χ2v) is 9.60. The second kappa shape index (κ2) is 8.79. The normalized spacial score (nSPS) is 16.3. The number of hydrogen-bond acceptors (Lipinski definition) is 6. The van der Waals surface area contributed by atoms with E-state index in [0.717, 1.165) is 54.7 Å². The number of carbonyl (C=O) groups excluding carboxylic acids is 1. The minimum absolute atomic E-state index is 0.0309. The quantitative estimate of drug-likeness (QED) is 0.299. The molecule has 8 nitrogen and oxygen atoms in total. The number of nitrogens with zero attached hydrogens (tertiary/aromatic N) is 3. The van der Waals surface area contributed by atoms with Gasteiger partial charge in [-0.3, -0.25) is 4.79 Å². The standard InChI is InChI=1S/C27H28N6O2/c34-25(29-21-11-12-21)20-7-9-22(10-8-20)30-26-31-24-23(2-1-15-33(24)32-26)19-5-3-18(4-6-19)16-28-17-27(35)13-14-27/h1-10,15,21,28,35H,11-14,16-17H2,(H,29,34)(H,30,32). The minimum Gasteiger partial charge on any atom is -0.389 e. The zero-order chi connectivity index (χ0) is 23.8. The SMILES string of the molecule is O=C(NC1CC1)c1ccc(Nc2nc3c(-c4ccc(CNCC5(O)CC5)cc4)cccn3n2)cc1. The largest absolute Gasteiger partial charge is 0.389 e. The van der Waals surface area contributed by atoms with Crippen LogP contribution in [0.2, 0.25) is 0 Å². The highest BCUT2D eigenvalue weighted by molar-refractivity contribution is 5.95. The van der Waals surface area contributed by atoms with Crippen molar-refractivity contribution in [3.8, 4) is 11.1 Å². The lowest BCUT2D eigenvalue weighted by molar-refractivity contribution is 0.0951. The molecule has 4 aromatic rings. The molecule has 35 heavy (non-hydrogen) atoms. The van der Waals surface area contributed by atoms with Crippen molar-refractivity contribution in [1.29, 1.82) is 0 Å². The number of pyridine rings is 1. The molecule has 6 rings (SSSR count). The van der Waals surface area contributed by atoms with Gasteiger partial charge in [0, 0.05) is 42.1 Å². The van der Waals surface area contributed by atoms with Gasteiger partial charge in [-0.2, -0.15) is 4.98 Å². The maximum atomic E-state index is 12.2. The van der Waals surface area contributed by atoms with Crippen LogP contribution in [-0.2, 0) is 6.54 Å². The molecule has 2 aliphatic carbocycles. The molecular weight excluding hydrogens is 440 g/mol. The Bertz CT molecular complexity index is 1350. The van der Waals surface area contributed by atoms with E-state index in [0.29, 0.717) is 24.1 Å². The first kappa shape index (κ1) is 21.8. The van der Waals surface area contributed by atoms with Crippen LogP contribution < -0.4 is 16.0 Å². The van der Waals surface area contributed by atoms with Crippen molar-refractivity contribution in [2.45, 2.75) is 43.9 Å². The average molecular weight is 469 g/mol. The Kier molecular flexibility index (Phi) is 5.47. The van der Waals surface area contributed by atoms with Crippen LogP contribution in [0.15, 0.2) is 66.9 Å². The molecule has 0 saturated heterocycles. The summed E-state index contributed by atoms with van der Waals surface area (Å²) in [6, 6.07) is 20.1. The zero-order valence-corrected chi connectivity index (χ0v) is 19.4. The Morgan fingerprint density at radius 2 is 1.83 bits per heavy atom. The van der Waals surface area contributed by atoms with Crippen LogP contribution in [0.4, 0.5) is 11.6 Å². The summed E-state index contributed by atoms with van der Waals surface area (Å²) in [5.41, 5.74) is 4.96. The summed E-state index contributed by atoms with van der Waals surface area (Å²) < 4.78 is 1.76. The van der Waals surface area contributed by atoms with E-state index >= 15 is 0 Å². The lowest BCUT2D eigenvalue weighted by Crippen LogP contribution is -2.27. The number of amides is 1. The molecule has 2 aromatic carbocycles. The van der Waals surface area contributed by atoms with Gasteiger partial charge in [0.1, 0.15) is 0 Å². The first-order valence-electron chi connectivity index (χ1n) is 12.1. The van der Waals surface area contributed by atoms with E-state index in [-0.39, 0.29) is 5.91 Å². The van der Waals surface area contributed by atoms with Crippen LogP contribution in [0.5, 0.6) is 0 Å². The molecule has 2 aliphatic rings. The van der Waals surface area contributed by atoms with E-state index in [4.69, 9.17) is 4.98 Å². The van der Waals surface area contributed by atoms with Crippen LogP contribution in [0.1, 0.15) is 41.6 Å². The Hall–Kier alpha value is -3.75. The van der Waals surface area contributed by atoms with Gasteiger partial charge in [-0.05, 0) is 73.2 Å². The summed E-state index contributed by atoms with van der Waals surface area (Å²) in [7, 11) is 0. The van der Waals surface area contributed by atoms with Crippen LogP contribution in [-0.4, -0.2) is 43.8 Å². The third-order valence-corrected chi connectivity index (χ3v) is 6.55. The summed E-state index contributed by atoms with van der Waals surface area (Å²) in [5, 5.41) is 24.1. The van der Waals surface area contributed by atoms with E-state index in [1.807, 2.05) is 42.6 Å². The van der Waals surface area contributed by atoms with Gasteiger partial charge >= 0.3 is 0 Å². The maximum absolute atomic E-state index is 12.2. The lowest BCUT2D eigenvalue weighted by Gasteiger charge is -2.10. The van der Waals surface area contributed by atoms with Crippen molar-refractivity contribution in [1.82, 2.24) is 25.2 Å². The van der Waals surface area contributed by atoms with Gasteiger partial charge in [-0.1, -0.05) is 24.3 Å². The minimum atomic E-state index is -0.484. The van der Waals surface area contributed by atoms with Gasteiger partial charge in [-0.25, -0.2) is 4.52 Å². The Labute approximate surface area is 203 Å². The monoisotopic (exact) mass is 468 g/mol. The van der Waals surface area contributed by atoms with Crippen LogP contribution in [0.25, 0.3) is 16.8 Å². The Balaban J connectivity index is 1.15. The molecule has 2 saturated carbocycles. The van der Waals surface area contributed by atoms with Crippen LogP contribution in [0, 0.1) is 0 Å². The van der Waals surface area contributed by atoms with Crippen LogP contribution in [0.3, 0.4) is 0 Å². The third kappa shape index (κ3) is 5.03. The van der Waals surface area contributed by atoms with E-state index in [9.17, 15) is 9.90 Å². The molecule has 4 N–H and O–H groups in total. The molecule has 2 aromatic heterocycles. The van der Waals surface area contributed by atoms with Crippen molar-refractivity contribution < 1.29 is 9.90 Å². The number of anilines is 2. The molecule has 2 fully saturated rings. The third-order valence-electron chi connectivity index (χ3n) is 6.55. The number of fused-ring (bicyclic) bond motifs is 1. The second-order valence-electron chi connectivity index (χ2n) is 9.60. The first-order valence-corrected chi connectivity index (χ1v) is 12.1. The van der Waals surface area contributed by atoms with Gasteiger partial charge in [0.2, 0.25) is 5.95 Å². The van der Waals surface area contributed by atoms with Gasteiger partial charge in [0.05, 0.1) is 5.60 Å². The van der Waals surface area contributed by atoms with Gasteiger partial charge < -0.3 is 21.1 Å². The molecule has 178 valence electrons. The number of benzene rings is 2. The number of rotatable bonds is 9. The molecule has 0 spiro atoms. The summed E-state index contributed by atoms with van der Waals surface area (Å²) >= 11 is 0. The molecule has 0 unspecified atom stereocenters. The summed E-state index contributed by atoms with van der Waals surface area (Å²) in [4.78, 5) is 16.9. The summed E-state index contributed by atoms with van der Waals surface area (Å²) in [5.74, 6) is 0.461. The number of aromatic nitrogens is 3. The van der Waals surface area contributed by atoms with E-state index in [1.54, 1.807) is 4.52 Å². The first-order chi connectivity index (χ1) is 17.0. The summed E-state index contributed by atoms with van der Waals surface area (Å²) in [6.45, 7) is 1.37. The topological polar surface area (TPSA) is 104 Å². The van der Waals surface area contributed by atoms with Gasteiger partial charge in [0.25, 0.3) is 5.91 Å². The van der Waals surface area contributed by atoms with Crippen LogP contribution >= 0.6 is 0 Å². The van der Waals surface area contributed by atoms with Crippen molar-refractivity contribution in [2.24, 2.45) is 0 Å². The molecule has 1 amide bonds. The highest BCUT2D eigenvalue weighted by Crippen LogP contribution is 2.34. The van der Waals surface area contributed by atoms with E-state index in [1.165, 1.54) is 5.56 Å². The van der Waals surface area contributed by atoms with Crippen molar-refractivity contribution >= 4 is 23.2 Å². The Morgan fingerprint density at radius 1 is 1.06 bits per heavy atom. The highest BCUT2D eigenvalue weighted by Gasteiger charge is 2.39. The fourth-order valence-corrected chi connectivity index (χ4v) is 4.08. The predicted octanol–water partition coefficient (Wildman–Crippen LogP) is 3.65. The fraction of sp³-hybridized carbons (Fsp3) is 0.296. The number of hydrogen-bond donors (Lipinski definition) is 4. The molecule has 0 bridgehead atoms. The Morgan fingerprint density at radius 3 is 2.54 bits per heavy atom. The van der Waals surface area contributed by atoms with E-state index < -0.39 is 5.60 Å². The lowest BCUT2D eigenvalue weighted by atomic mass is 10.0. The van der Waals surface area contributed by atoms with Crippen molar-refractivity contribution in [3.63, 3.8) is 0 Å². The zero-order valence-electron chi connectivity index (χ0n) is 19.4. The highest BCUT2D eigenvalue weighted by atomic mass is 16.3. The fourth-order valence-electron chi connectivity index (χ4n) is 4.08. The van der Waals surface area contributed by atoms with Crippen molar-refractivity contribution in [3.05, 3.63) is 78.0 Å². The number of aliphatic hydroxyl groups is 1. The predicted molar refractivity (Wildman–Crippen MR) is 135 cm³/mol. The molecule has 0 aliphatic heterocycles. The maximum Gasteiger partial charge on any atom is 0.251 e. The molecule has 2 heterocycles. The molecule has 0 atom stereocenters. The molecule has 8 heteroatoms. The van der Waals surface area contributed by atoms with Gasteiger partial charge in [0.15, 0.2) is 5.65 Å².